The highest BCUT2D eigenvalue weighted by Gasteiger charge is 2.19. The van der Waals surface area contributed by atoms with E-state index in [4.69, 9.17) is 34.2 Å². The molecule has 5 rings (SSSR count). The Hall–Kier alpha value is -5.33. The minimum absolute atomic E-state index is 0.000540. The van der Waals surface area contributed by atoms with Gasteiger partial charge in [-0.15, -0.1) is 0 Å². The summed E-state index contributed by atoms with van der Waals surface area (Å²) in [5, 5.41) is 17.7. The quantitative estimate of drug-likeness (QED) is 0.248. The van der Waals surface area contributed by atoms with E-state index in [1.54, 1.807) is 13.1 Å². The van der Waals surface area contributed by atoms with Gasteiger partial charge in [0.15, 0.2) is 28.7 Å². The predicted octanol–water partition coefficient (Wildman–Crippen LogP) is 3.88. The Labute approximate surface area is 256 Å². The molecule has 3 aromatic heterocycles. The van der Waals surface area contributed by atoms with Crippen LogP contribution in [-0.2, 0) is 20.1 Å². The second-order valence-corrected chi connectivity index (χ2v) is 9.60. The van der Waals surface area contributed by atoms with Gasteiger partial charge in [-0.05, 0) is 35.4 Å². The van der Waals surface area contributed by atoms with Crippen molar-refractivity contribution in [3.05, 3.63) is 105 Å². The summed E-state index contributed by atoms with van der Waals surface area (Å²) in [5.74, 6) is -3.18. The summed E-state index contributed by atoms with van der Waals surface area (Å²) in [4.78, 5) is 39.1. The number of carbonyl (C=O) groups is 2. The standard InChI is InChI=1S/C14H12ClFN6O.C13H7ClF2N4O/c1-22-12-10(13(17)21-22)19-6-20-11(12)14(23)18-5-7-2-3-9(16)8(15)4-7;14-8-3-7(1-2-9(8)15)5-18-13(21)12-11(16)10(4-17)19-6-20-12/h2-4,6H,5H2,1H3,(H2,17,21)(H,18,23);1-3,6H,5H2,(H,18,21). The summed E-state index contributed by atoms with van der Waals surface area (Å²) < 4.78 is 41.2. The highest BCUT2D eigenvalue weighted by molar-refractivity contribution is 6.31. The number of nitrogens with two attached hydrogens (primary N) is 1. The number of aryl methyl sites for hydroxylation is 1. The average molecular weight is 643 g/mol. The van der Waals surface area contributed by atoms with Crippen LogP contribution in [-0.4, -0.2) is 41.5 Å². The number of benzene rings is 2. The highest BCUT2D eigenvalue weighted by Crippen LogP contribution is 2.20. The van der Waals surface area contributed by atoms with Crippen molar-refractivity contribution >= 4 is 51.9 Å². The molecule has 2 aromatic carbocycles. The Kier molecular flexibility index (Phi) is 9.88. The molecule has 0 fully saturated rings. The van der Waals surface area contributed by atoms with Crippen molar-refractivity contribution in [2.75, 3.05) is 5.73 Å². The number of aromatic nitrogens is 6. The Morgan fingerprint density at radius 1 is 0.886 bits per heavy atom. The molecular formula is C27H19Cl2F3N10O2. The highest BCUT2D eigenvalue weighted by atomic mass is 35.5. The van der Waals surface area contributed by atoms with E-state index >= 15 is 0 Å². The second-order valence-electron chi connectivity index (χ2n) is 8.79. The summed E-state index contributed by atoms with van der Waals surface area (Å²) in [7, 11) is 1.65. The lowest BCUT2D eigenvalue weighted by Gasteiger charge is -2.07. The van der Waals surface area contributed by atoms with E-state index in [2.05, 4.69) is 35.7 Å². The lowest BCUT2D eigenvalue weighted by Crippen LogP contribution is -2.25. The van der Waals surface area contributed by atoms with Gasteiger partial charge in [0, 0.05) is 20.1 Å². The molecule has 224 valence electrons. The van der Waals surface area contributed by atoms with Crippen LogP contribution in [0.25, 0.3) is 11.0 Å². The molecule has 3 heterocycles. The summed E-state index contributed by atoms with van der Waals surface area (Å²) in [6, 6.07) is 9.68. The van der Waals surface area contributed by atoms with Crippen molar-refractivity contribution in [1.82, 2.24) is 40.3 Å². The third-order valence-electron chi connectivity index (χ3n) is 5.85. The van der Waals surface area contributed by atoms with Crippen LogP contribution in [0.4, 0.5) is 19.0 Å². The third-order valence-corrected chi connectivity index (χ3v) is 6.43. The fourth-order valence-corrected chi connectivity index (χ4v) is 4.14. The van der Waals surface area contributed by atoms with Crippen molar-refractivity contribution in [3.8, 4) is 6.07 Å². The molecule has 0 aliphatic rings. The molecular weight excluding hydrogens is 624 g/mol. The normalized spacial score (nSPS) is 10.5. The number of rotatable bonds is 6. The first-order valence-electron chi connectivity index (χ1n) is 12.3. The molecule has 44 heavy (non-hydrogen) atoms. The number of nitrogens with one attached hydrogen (secondary N) is 2. The number of fused-ring (bicyclic) bond motifs is 1. The molecule has 0 radical (unpaired) electrons. The molecule has 4 N–H and O–H groups in total. The van der Waals surface area contributed by atoms with E-state index < -0.39 is 40.7 Å². The van der Waals surface area contributed by atoms with Gasteiger partial charge in [0.05, 0.1) is 10.0 Å². The van der Waals surface area contributed by atoms with Gasteiger partial charge in [0.1, 0.15) is 41.4 Å². The Balaban J connectivity index is 0.000000202. The minimum Gasteiger partial charge on any atom is -0.380 e. The van der Waals surface area contributed by atoms with Gasteiger partial charge in [-0.3, -0.25) is 14.3 Å². The fraction of sp³-hybridized carbons (Fsp3) is 0.111. The molecule has 0 saturated heterocycles. The summed E-state index contributed by atoms with van der Waals surface area (Å²) >= 11 is 11.3. The van der Waals surface area contributed by atoms with Crippen molar-refractivity contribution in [1.29, 1.82) is 5.26 Å². The smallest absolute Gasteiger partial charge is 0.273 e. The molecule has 0 bridgehead atoms. The van der Waals surface area contributed by atoms with Crippen LogP contribution in [0.15, 0.2) is 49.1 Å². The zero-order valence-corrected chi connectivity index (χ0v) is 24.0. The first-order valence-corrected chi connectivity index (χ1v) is 13.0. The Morgan fingerprint density at radius 3 is 1.95 bits per heavy atom. The number of hydrogen-bond acceptors (Lipinski definition) is 9. The van der Waals surface area contributed by atoms with Gasteiger partial charge in [-0.2, -0.15) is 10.4 Å². The van der Waals surface area contributed by atoms with E-state index in [0.29, 0.717) is 22.2 Å². The van der Waals surface area contributed by atoms with Crippen LogP contribution < -0.4 is 16.4 Å². The van der Waals surface area contributed by atoms with Gasteiger partial charge in [0.25, 0.3) is 11.8 Å². The Bertz CT molecular complexity index is 1930. The van der Waals surface area contributed by atoms with E-state index in [1.807, 2.05) is 0 Å². The van der Waals surface area contributed by atoms with Crippen LogP contribution in [0.5, 0.6) is 0 Å². The van der Waals surface area contributed by atoms with Crippen molar-refractivity contribution < 1.29 is 22.8 Å². The van der Waals surface area contributed by atoms with Crippen molar-refractivity contribution in [2.45, 2.75) is 13.1 Å². The molecule has 12 nitrogen and oxygen atoms in total. The largest absolute Gasteiger partial charge is 0.380 e. The molecule has 17 heteroatoms. The number of nitriles is 1. The Morgan fingerprint density at radius 2 is 1.41 bits per heavy atom. The zero-order chi connectivity index (χ0) is 32.0. The third kappa shape index (κ3) is 7.17. The number of halogens is 5. The molecule has 0 aliphatic heterocycles. The first kappa shape index (κ1) is 31.6. The van der Waals surface area contributed by atoms with E-state index in [1.165, 1.54) is 41.3 Å². The zero-order valence-electron chi connectivity index (χ0n) is 22.4. The number of amides is 2. The van der Waals surface area contributed by atoms with Crippen molar-refractivity contribution in [2.24, 2.45) is 7.05 Å². The van der Waals surface area contributed by atoms with Crippen LogP contribution in [0, 0.1) is 28.8 Å². The van der Waals surface area contributed by atoms with Gasteiger partial charge >= 0.3 is 0 Å². The number of carbonyl (C=O) groups excluding carboxylic acids is 2. The minimum atomic E-state index is -1.09. The molecule has 5 aromatic rings. The fourth-order valence-electron chi connectivity index (χ4n) is 3.74. The van der Waals surface area contributed by atoms with E-state index in [9.17, 15) is 22.8 Å². The number of nitrogen functional groups attached to an aromatic ring is 1. The van der Waals surface area contributed by atoms with Gasteiger partial charge < -0.3 is 16.4 Å². The molecule has 0 unspecified atom stereocenters. The average Bonchev–Trinajstić information content (AvgIpc) is 3.31. The summed E-state index contributed by atoms with van der Waals surface area (Å²) in [6.45, 7) is 0.182. The lowest BCUT2D eigenvalue weighted by molar-refractivity contribution is 0.0935. The van der Waals surface area contributed by atoms with E-state index in [0.717, 1.165) is 12.4 Å². The number of anilines is 1. The molecule has 0 spiro atoms. The molecule has 0 aliphatic carbocycles. The van der Waals surface area contributed by atoms with Crippen LogP contribution in [0.1, 0.15) is 37.8 Å². The maximum absolute atomic E-state index is 13.7. The summed E-state index contributed by atoms with van der Waals surface area (Å²) in [5.41, 5.74) is 6.91. The SMILES string of the molecule is Cn1nc(N)c2ncnc(C(=O)NCc3ccc(F)c(Cl)c3)c21.N#Cc1ncnc(C(=O)NCc2ccc(F)c(Cl)c2)c1F. The maximum atomic E-state index is 13.7. The number of nitrogens with zero attached hydrogens (tertiary/aromatic N) is 7. The molecule has 0 saturated carbocycles. The first-order chi connectivity index (χ1) is 21.0. The molecule has 0 atom stereocenters. The predicted molar refractivity (Wildman–Crippen MR) is 153 cm³/mol. The maximum Gasteiger partial charge on any atom is 0.273 e. The number of hydrogen-bond donors (Lipinski definition) is 3. The van der Waals surface area contributed by atoms with Gasteiger partial charge in [-0.25, -0.2) is 33.1 Å². The topological polar surface area (TPSA) is 177 Å². The monoisotopic (exact) mass is 642 g/mol. The second kappa shape index (κ2) is 13.8. The van der Waals surface area contributed by atoms with Gasteiger partial charge in [-0.1, -0.05) is 35.3 Å². The summed E-state index contributed by atoms with van der Waals surface area (Å²) in [6.07, 6.45) is 2.18. The van der Waals surface area contributed by atoms with Crippen LogP contribution in [0.3, 0.4) is 0 Å². The van der Waals surface area contributed by atoms with Crippen LogP contribution >= 0.6 is 23.2 Å². The lowest BCUT2D eigenvalue weighted by atomic mass is 10.2. The van der Waals surface area contributed by atoms with E-state index in [-0.39, 0.29) is 34.6 Å². The van der Waals surface area contributed by atoms with Gasteiger partial charge in [0.2, 0.25) is 0 Å². The van der Waals surface area contributed by atoms with Crippen molar-refractivity contribution in [3.63, 3.8) is 0 Å². The molecule has 2 amide bonds. The van der Waals surface area contributed by atoms with Crippen LogP contribution in [0.2, 0.25) is 10.0 Å².